The average Bonchev–Trinajstić information content (AvgIpc) is 2.60. The molecule has 24 heavy (non-hydrogen) atoms. The molecule has 0 aliphatic heterocycles. The number of carboxylic acid groups (broad SMARTS) is 1. The summed E-state index contributed by atoms with van der Waals surface area (Å²) in [5, 5.41) is 8.85. The van der Waals surface area contributed by atoms with Gasteiger partial charge in [0.25, 0.3) is 0 Å². The van der Waals surface area contributed by atoms with E-state index in [1.807, 2.05) is 0 Å². The number of rotatable bonds is 8. The van der Waals surface area contributed by atoms with Crippen LogP contribution in [-0.2, 0) is 4.79 Å². The molecule has 126 valence electrons. The summed E-state index contributed by atoms with van der Waals surface area (Å²) in [5.74, 6) is 0.116. The third-order valence-corrected chi connectivity index (χ3v) is 3.23. The second-order valence-corrected chi connectivity index (χ2v) is 5.02. The topological polar surface area (TPSA) is 82.1 Å². The van der Waals surface area contributed by atoms with Crippen molar-refractivity contribution in [3.63, 3.8) is 0 Å². The van der Waals surface area contributed by atoms with Crippen LogP contribution >= 0.6 is 0 Å². The Bertz CT molecular complexity index is 725. The molecule has 6 heteroatoms. The van der Waals surface area contributed by atoms with Gasteiger partial charge in [-0.05, 0) is 31.2 Å². The van der Waals surface area contributed by atoms with Crippen LogP contribution in [0.4, 0.5) is 0 Å². The van der Waals surface area contributed by atoms with Gasteiger partial charge in [0.2, 0.25) is 0 Å². The molecule has 0 aromatic heterocycles. The second kappa shape index (κ2) is 8.01. The Kier molecular flexibility index (Phi) is 5.78. The maximum Gasteiger partial charge on any atom is 0.344 e. The Balaban J connectivity index is 1.98. The minimum Gasteiger partial charge on any atom is -0.497 e. The summed E-state index contributed by atoms with van der Waals surface area (Å²) >= 11 is 0. The molecule has 0 saturated heterocycles. The van der Waals surface area contributed by atoms with Gasteiger partial charge >= 0.3 is 5.97 Å². The lowest BCUT2D eigenvalue weighted by atomic mass is 10.1. The first-order valence-corrected chi connectivity index (χ1v) is 7.29. The SMILES string of the molecule is COc1cccc(C(=O)COc2cccc(OC(C)C(=O)O)c2)c1. The molecule has 2 aromatic carbocycles. The van der Waals surface area contributed by atoms with Crippen molar-refractivity contribution in [3.05, 3.63) is 54.1 Å². The van der Waals surface area contributed by atoms with E-state index in [1.54, 1.807) is 42.5 Å². The lowest BCUT2D eigenvalue weighted by Crippen LogP contribution is -2.22. The Morgan fingerprint density at radius 3 is 2.42 bits per heavy atom. The van der Waals surface area contributed by atoms with Gasteiger partial charge in [0, 0.05) is 11.6 Å². The maximum atomic E-state index is 12.1. The van der Waals surface area contributed by atoms with Gasteiger partial charge in [0.05, 0.1) is 7.11 Å². The van der Waals surface area contributed by atoms with Gasteiger partial charge in [0.1, 0.15) is 17.2 Å². The molecular formula is C18H18O6. The molecule has 0 spiro atoms. The van der Waals surface area contributed by atoms with Crippen molar-refractivity contribution in [1.82, 2.24) is 0 Å². The standard InChI is InChI=1S/C18H18O6/c1-12(18(20)21)24-16-8-4-7-15(10-16)23-11-17(19)13-5-3-6-14(9-13)22-2/h3-10,12H,11H2,1-2H3,(H,20,21). The molecule has 1 atom stereocenters. The number of carboxylic acids is 1. The van der Waals surface area contributed by atoms with Gasteiger partial charge in [-0.25, -0.2) is 4.79 Å². The Hall–Kier alpha value is -3.02. The molecule has 0 amide bonds. The van der Waals surface area contributed by atoms with Gasteiger partial charge in [-0.15, -0.1) is 0 Å². The van der Waals surface area contributed by atoms with Gasteiger partial charge in [-0.3, -0.25) is 4.79 Å². The lowest BCUT2D eigenvalue weighted by Gasteiger charge is -2.12. The number of hydrogen-bond donors (Lipinski definition) is 1. The molecule has 0 saturated carbocycles. The van der Waals surface area contributed by atoms with Crippen LogP contribution < -0.4 is 14.2 Å². The first-order chi connectivity index (χ1) is 11.5. The maximum absolute atomic E-state index is 12.1. The Morgan fingerprint density at radius 2 is 1.71 bits per heavy atom. The van der Waals surface area contributed by atoms with E-state index in [2.05, 4.69) is 0 Å². The number of carbonyl (C=O) groups excluding carboxylic acids is 1. The molecule has 0 radical (unpaired) electrons. The molecule has 0 aliphatic rings. The number of benzene rings is 2. The zero-order chi connectivity index (χ0) is 17.5. The molecule has 1 N–H and O–H groups in total. The number of aliphatic carboxylic acids is 1. The zero-order valence-corrected chi connectivity index (χ0v) is 13.4. The molecule has 6 nitrogen and oxygen atoms in total. The molecule has 1 unspecified atom stereocenters. The van der Waals surface area contributed by atoms with E-state index in [4.69, 9.17) is 19.3 Å². The van der Waals surface area contributed by atoms with Gasteiger partial charge in [0.15, 0.2) is 18.5 Å². The summed E-state index contributed by atoms with van der Waals surface area (Å²) in [6.07, 6.45) is -0.973. The van der Waals surface area contributed by atoms with E-state index in [0.717, 1.165) is 0 Å². The number of hydrogen-bond acceptors (Lipinski definition) is 5. The minimum absolute atomic E-state index is 0.148. The van der Waals surface area contributed by atoms with Crippen molar-refractivity contribution in [2.75, 3.05) is 13.7 Å². The number of ether oxygens (including phenoxy) is 3. The largest absolute Gasteiger partial charge is 0.497 e. The first kappa shape index (κ1) is 17.3. The molecular weight excluding hydrogens is 312 g/mol. The molecule has 2 aromatic rings. The fourth-order valence-corrected chi connectivity index (χ4v) is 1.92. The Morgan fingerprint density at radius 1 is 1.04 bits per heavy atom. The summed E-state index contributed by atoms with van der Waals surface area (Å²) in [4.78, 5) is 23.0. The monoisotopic (exact) mass is 330 g/mol. The molecule has 0 aliphatic carbocycles. The van der Waals surface area contributed by atoms with E-state index in [1.165, 1.54) is 20.1 Å². The van der Waals surface area contributed by atoms with Crippen LogP contribution in [0, 0.1) is 0 Å². The minimum atomic E-state index is -1.06. The number of ketones is 1. The third-order valence-electron chi connectivity index (χ3n) is 3.23. The van der Waals surface area contributed by atoms with Crippen LogP contribution in [-0.4, -0.2) is 36.7 Å². The van der Waals surface area contributed by atoms with E-state index < -0.39 is 12.1 Å². The quantitative estimate of drug-likeness (QED) is 0.750. The van der Waals surface area contributed by atoms with Gasteiger partial charge in [-0.2, -0.15) is 0 Å². The van der Waals surface area contributed by atoms with E-state index in [0.29, 0.717) is 22.8 Å². The predicted octanol–water partition coefficient (Wildman–Crippen LogP) is 2.81. The number of carbonyl (C=O) groups is 2. The van der Waals surface area contributed by atoms with Crippen LogP contribution in [0.1, 0.15) is 17.3 Å². The summed E-state index contributed by atoms with van der Waals surface area (Å²) < 4.78 is 15.8. The number of Topliss-reactive ketones (excluding diaryl/α,β-unsaturated/α-hetero) is 1. The second-order valence-electron chi connectivity index (χ2n) is 5.02. The van der Waals surface area contributed by atoms with Crippen LogP contribution in [0.15, 0.2) is 48.5 Å². The van der Waals surface area contributed by atoms with Crippen molar-refractivity contribution in [2.24, 2.45) is 0 Å². The van der Waals surface area contributed by atoms with Crippen molar-refractivity contribution in [2.45, 2.75) is 13.0 Å². The first-order valence-electron chi connectivity index (χ1n) is 7.29. The van der Waals surface area contributed by atoms with Crippen molar-refractivity contribution >= 4 is 11.8 Å². The highest BCUT2D eigenvalue weighted by Gasteiger charge is 2.13. The summed E-state index contributed by atoms with van der Waals surface area (Å²) in [5.41, 5.74) is 0.487. The highest BCUT2D eigenvalue weighted by molar-refractivity contribution is 5.97. The lowest BCUT2D eigenvalue weighted by molar-refractivity contribution is -0.144. The molecule has 0 fully saturated rings. The summed E-state index contributed by atoms with van der Waals surface area (Å²) in [6, 6.07) is 13.3. The normalized spacial score (nSPS) is 11.4. The van der Waals surface area contributed by atoms with Crippen LogP contribution in [0.3, 0.4) is 0 Å². The molecule has 0 heterocycles. The van der Waals surface area contributed by atoms with Gasteiger partial charge < -0.3 is 19.3 Å². The van der Waals surface area contributed by atoms with E-state index in [9.17, 15) is 9.59 Å². The van der Waals surface area contributed by atoms with Crippen LogP contribution in [0.25, 0.3) is 0 Å². The molecule has 0 bridgehead atoms. The van der Waals surface area contributed by atoms with E-state index >= 15 is 0 Å². The van der Waals surface area contributed by atoms with Gasteiger partial charge in [-0.1, -0.05) is 18.2 Å². The summed E-state index contributed by atoms with van der Waals surface area (Å²) in [7, 11) is 1.53. The van der Waals surface area contributed by atoms with Crippen LogP contribution in [0.5, 0.6) is 17.2 Å². The third kappa shape index (κ3) is 4.74. The smallest absolute Gasteiger partial charge is 0.344 e. The van der Waals surface area contributed by atoms with Crippen LogP contribution in [0.2, 0.25) is 0 Å². The van der Waals surface area contributed by atoms with Crippen molar-refractivity contribution in [1.29, 1.82) is 0 Å². The van der Waals surface area contributed by atoms with E-state index in [-0.39, 0.29) is 12.4 Å². The summed E-state index contributed by atoms with van der Waals surface area (Å²) in [6.45, 7) is 1.29. The Labute approximate surface area is 139 Å². The van der Waals surface area contributed by atoms with Crippen molar-refractivity contribution in [3.8, 4) is 17.2 Å². The van der Waals surface area contributed by atoms with Crippen molar-refractivity contribution < 1.29 is 28.9 Å². The fourth-order valence-electron chi connectivity index (χ4n) is 1.92. The number of methoxy groups -OCH3 is 1. The molecule has 2 rings (SSSR count). The zero-order valence-electron chi connectivity index (χ0n) is 13.4. The highest BCUT2D eigenvalue weighted by Crippen LogP contribution is 2.21. The highest BCUT2D eigenvalue weighted by atomic mass is 16.5. The predicted molar refractivity (Wildman–Crippen MR) is 87.0 cm³/mol. The average molecular weight is 330 g/mol. The fraction of sp³-hybridized carbons (Fsp3) is 0.222.